The Morgan fingerprint density at radius 2 is 2.05 bits per heavy atom. The van der Waals surface area contributed by atoms with E-state index in [2.05, 4.69) is 11.4 Å². The number of carbonyl (C=O) groups is 1. The SMILES string of the molecule is CN(C(=O)c1cccc2c1NCCC2)C1CCCC1. The fourth-order valence-corrected chi connectivity index (χ4v) is 3.34. The summed E-state index contributed by atoms with van der Waals surface area (Å²) in [4.78, 5) is 14.6. The maximum Gasteiger partial charge on any atom is 0.255 e. The Balaban J connectivity index is 1.86. The first-order valence-corrected chi connectivity index (χ1v) is 7.40. The summed E-state index contributed by atoms with van der Waals surface area (Å²) in [6.07, 6.45) is 7.07. The van der Waals surface area contributed by atoms with Crippen LogP contribution in [0, 0.1) is 0 Å². The molecule has 1 aromatic carbocycles. The third-order valence-electron chi connectivity index (χ3n) is 4.50. The normalized spacial score (nSPS) is 18.8. The van der Waals surface area contributed by atoms with Crippen molar-refractivity contribution in [2.24, 2.45) is 0 Å². The van der Waals surface area contributed by atoms with Crippen LogP contribution in [0.5, 0.6) is 0 Å². The van der Waals surface area contributed by atoms with Gasteiger partial charge in [-0.05, 0) is 37.3 Å². The number of nitrogens with zero attached hydrogens (tertiary/aromatic N) is 1. The van der Waals surface area contributed by atoms with Crippen molar-refractivity contribution in [1.82, 2.24) is 4.90 Å². The van der Waals surface area contributed by atoms with Crippen molar-refractivity contribution < 1.29 is 4.79 Å². The van der Waals surface area contributed by atoms with Gasteiger partial charge >= 0.3 is 0 Å². The minimum absolute atomic E-state index is 0.179. The lowest BCUT2D eigenvalue weighted by atomic mass is 9.98. The molecular formula is C16H22N2O. The third kappa shape index (κ3) is 2.34. The minimum atomic E-state index is 0.179. The van der Waals surface area contributed by atoms with Crippen LogP contribution in [0.3, 0.4) is 0 Å². The summed E-state index contributed by atoms with van der Waals surface area (Å²) in [5, 5.41) is 3.41. The van der Waals surface area contributed by atoms with Crippen molar-refractivity contribution in [3.63, 3.8) is 0 Å². The highest BCUT2D eigenvalue weighted by atomic mass is 16.2. The van der Waals surface area contributed by atoms with Crippen LogP contribution in [-0.2, 0) is 6.42 Å². The number of hydrogen-bond donors (Lipinski definition) is 1. The molecule has 1 amide bonds. The van der Waals surface area contributed by atoms with Crippen LogP contribution in [0.2, 0.25) is 0 Å². The number of fused-ring (bicyclic) bond motifs is 1. The van der Waals surface area contributed by atoms with E-state index in [9.17, 15) is 4.79 Å². The molecule has 0 saturated heterocycles. The molecule has 0 spiro atoms. The summed E-state index contributed by atoms with van der Waals surface area (Å²) >= 11 is 0. The smallest absolute Gasteiger partial charge is 0.255 e. The van der Waals surface area contributed by atoms with Crippen LogP contribution in [0.4, 0.5) is 5.69 Å². The van der Waals surface area contributed by atoms with Crippen molar-refractivity contribution in [2.45, 2.75) is 44.6 Å². The van der Waals surface area contributed by atoms with Gasteiger partial charge < -0.3 is 10.2 Å². The molecule has 1 N–H and O–H groups in total. The second-order valence-electron chi connectivity index (χ2n) is 5.72. The molecule has 3 rings (SSSR count). The molecular weight excluding hydrogens is 236 g/mol. The second-order valence-corrected chi connectivity index (χ2v) is 5.72. The summed E-state index contributed by atoms with van der Waals surface area (Å²) < 4.78 is 0. The van der Waals surface area contributed by atoms with Crippen LogP contribution in [0.15, 0.2) is 18.2 Å². The van der Waals surface area contributed by atoms with Crippen LogP contribution in [0.25, 0.3) is 0 Å². The molecule has 0 unspecified atom stereocenters. The number of nitrogens with one attached hydrogen (secondary N) is 1. The lowest BCUT2D eigenvalue weighted by Crippen LogP contribution is -2.36. The number of anilines is 1. The molecule has 0 atom stereocenters. The average Bonchev–Trinajstić information content (AvgIpc) is 2.99. The van der Waals surface area contributed by atoms with Crippen molar-refractivity contribution >= 4 is 11.6 Å². The third-order valence-corrected chi connectivity index (χ3v) is 4.50. The van der Waals surface area contributed by atoms with E-state index in [4.69, 9.17) is 0 Å². The van der Waals surface area contributed by atoms with E-state index >= 15 is 0 Å². The molecule has 1 aromatic rings. The molecule has 0 bridgehead atoms. The van der Waals surface area contributed by atoms with E-state index in [1.165, 1.54) is 18.4 Å². The largest absolute Gasteiger partial charge is 0.384 e. The van der Waals surface area contributed by atoms with Gasteiger partial charge in [0.1, 0.15) is 0 Å². The summed E-state index contributed by atoms with van der Waals surface area (Å²) in [5.74, 6) is 0.179. The maximum atomic E-state index is 12.7. The fourth-order valence-electron chi connectivity index (χ4n) is 3.34. The first-order valence-electron chi connectivity index (χ1n) is 7.40. The Bertz CT molecular complexity index is 478. The standard InChI is InChI=1S/C16H22N2O/c1-18(13-8-2-3-9-13)16(19)14-10-4-6-12-7-5-11-17-15(12)14/h4,6,10,13,17H,2-3,5,7-9,11H2,1H3. The summed E-state index contributed by atoms with van der Waals surface area (Å²) in [6.45, 7) is 0.977. The Labute approximate surface area is 115 Å². The highest BCUT2D eigenvalue weighted by Crippen LogP contribution is 2.29. The van der Waals surface area contributed by atoms with Crippen molar-refractivity contribution in [3.05, 3.63) is 29.3 Å². The predicted octanol–water partition coefficient (Wildman–Crippen LogP) is 3.06. The molecule has 2 aliphatic rings. The monoisotopic (exact) mass is 258 g/mol. The number of aryl methyl sites for hydroxylation is 1. The van der Waals surface area contributed by atoms with E-state index in [0.29, 0.717) is 6.04 Å². The van der Waals surface area contributed by atoms with Crippen LogP contribution >= 0.6 is 0 Å². The Morgan fingerprint density at radius 1 is 1.26 bits per heavy atom. The zero-order chi connectivity index (χ0) is 13.2. The summed E-state index contributed by atoms with van der Waals surface area (Å²) in [6, 6.07) is 6.55. The minimum Gasteiger partial charge on any atom is -0.384 e. The lowest BCUT2D eigenvalue weighted by molar-refractivity contribution is 0.0736. The number of para-hydroxylation sites is 1. The van der Waals surface area contributed by atoms with E-state index in [1.807, 2.05) is 24.1 Å². The van der Waals surface area contributed by atoms with E-state index in [1.54, 1.807) is 0 Å². The van der Waals surface area contributed by atoms with Gasteiger partial charge in [0.25, 0.3) is 5.91 Å². The molecule has 0 radical (unpaired) electrons. The number of rotatable bonds is 2. The molecule has 1 saturated carbocycles. The number of benzene rings is 1. The molecule has 19 heavy (non-hydrogen) atoms. The van der Waals surface area contributed by atoms with Gasteiger partial charge in [-0.25, -0.2) is 0 Å². The number of carbonyl (C=O) groups excluding carboxylic acids is 1. The molecule has 1 heterocycles. The molecule has 3 nitrogen and oxygen atoms in total. The molecule has 1 fully saturated rings. The zero-order valence-electron chi connectivity index (χ0n) is 11.6. The van der Waals surface area contributed by atoms with Gasteiger partial charge in [-0.2, -0.15) is 0 Å². The number of amides is 1. The van der Waals surface area contributed by atoms with Gasteiger partial charge in [-0.15, -0.1) is 0 Å². The molecule has 0 aromatic heterocycles. The molecule has 1 aliphatic heterocycles. The molecule has 102 valence electrons. The first kappa shape index (κ1) is 12.5. The van der Waals surface area contributed by atoms with Gasteiger partial charge in [0, 0.05) is 19.6 Å². The van der Waals surface area contributed by atoms with E-state index in [-0.39, 0.29) is 5.91 Å². The van der Waals surface area contributed by atoms with Gasteiger partial charge in [0.15, 0.2) is 0 Å². The van der Waals surface area contributed by atoms with Crippen molar-refractivity contribution in [2.75, 3.05) is 18.9 Å². The predicted molar refractivity (Wildman–Crippen MR) is 77.6 cm³/mol. The van der Waals surface area contributed by atoms with Crippen LogP contribution in [-0.4, -0.2) is 30.4 Å². The molecule has 1 aliphatic carbocycles. The van der Waals surface area contributed by atoms with Gasteiger partial charge in [0.05, 0.1) is 11.3 Å². The molecule has 3 heteroatoms. The number of hydrogen-bond acceptors (Lipinski definition) is 2. The topological polar surface area (TPSA) is 32.3 Å². The van der Waals surface area contributed by atoms with Gasteiger partial charge in [-0.3, -0.25) is 4.79 Å². The highest BCUT2D eigenvalue weighted by molar-refractivity contribution is 6.00. The summed E-state index contributed by atoms with van der Waals surface area (Å²) in [5.41, 5.74) is 3.21. The van der Waals surface area contributed by atoms with Crippen molar-refractivity contribution in [3.8, 4) is 0 Å². The van der Waals surface area contributed by atoms with Gasteiger partial charge in [-0.1, -0.05) is 25.0 Å². The summed E-state index contributed by atoms with van der Waals surface area (Å²) in [7, 11) is 1.96. The van der Waals surface area contributed by atoms with Crippen LogP contribution < -0.4 is 5.32 Å². The highest BCUT2D eigenvalue weighted by Gasteiger charge is 2.26. The quantitative estimate of drug-likeness (QED) is 0.884. The lowest BCUT2D eigenvalue weighted by Gasteiger charge is -2.27. The van der Waals surface area contributed by atoms with Crippen LogP contribution in [0.1, 0.15) is 48.0 Å². The maximum absolute atomic E-state index is 12.7. The Kier molecular flexibility index (Phi) is 3.45. The zero-order valence-corrected chi connectivity index (χ0v) is 11.6. The Hall–Kier alpha value is -1.51. The van der Waals surface area contributed by atoms with E-state index < -0.39 is 0 Å². The average molecular weight is 258 g/mol. The Morgan fingerprint density at radius 3 is 2.84 bits per heavy atom. The first-order chi connectivity index (χ1) is 9.27. The van der Waals surface area contributed by atoms with Gasteiger partial charge in [0.2, 0.25) is 0 Å². The van der Waals surface area contributed by atoms with E-state index in [0.717, 1.165) is 43.5 Å². The van der Waals surface area contributed by atoms with Crippen molar-refractivity contribution in [1.29, 1.82) is 0 Å². The fraction of sp³-hybridized carbons (Fsp3) is 0.562. The second kappa shape index (κ2) is 5.24.